The number of hydrazone groups is 1. The number of hydrogen-bond acceptors (Lipinski definition) is 3. The molecule has 0 aromatic heterocycles. The fraction of sp³-hybridized carbons (Fsp3) is 0.0400. The number of nitrogens with one attached hydrogen (secondary N) is 1. The molecule has 4 rings (SSSR count). The van der Waals surface area contributed by atoms with Crippen molar-refractivity contribution in [2.24, 2.45) is 5.10 Å². The Hall–Kier alpha value is -2.96. The summed E-state index contributed by atoms with van der Waals surface area (Å²) in [5.41, 5.74) is 4.94. The highest BCUT2D eigenvalue weighted by atomic mass is 79.9. The van der Waals surface area contributed by atoms with Gasteiger partial charge < -0.3 is 4.74 Å². The van der Waals surface area contributed by atoms with E-state index in [4.69, 9.17) is 4.74 Å². The highest BCUT2D eigenvalue weighted by Crippen LogP contribution is 2.32. The summed E-state index contributed by atoms with van der Waals surface area (Å²) in [6, 6.07) is 27.2. The fourth-order valence-corrected chi connectivity index (χ4v) is 4.49. The van der Waals surface area contributed by atoms with Crippen LogP contribution in [0.2, 0.25) is 0 Å². The van der Waals surface area contributed by atoms with E-state index in [1.165, 1.54) is 0 Å². The van der Waals surface area contributed by atoms with Gasteiger partial charge in [-0.2, -0.15) is 5.10 Å². The first-order valence-electron chi connectivity index (χ1n) is 9.58. The lowest BCUT2D eigenvalue weighted by atomic mass is 10.1. The molecule has 154 valence electrons. The average Bonchev–Trinajstić information content (AvgIpc) is 2.78. The molecule has 0 aliphatic heterocycles. The number of carbonyl (C=O) groups excluding carboxylic acids is 1. The molecule has 0 aliphatic carbocycles. The maximum Gasteiger partial charge on any atom is 0.271 e. The van der Waals surface area contributed by atoms with Gasteiger partial charge in [0.05, 0.1) is 10.7 Å². The van der Waals surface area contributed by atoms with Gasteiger partial charge in [0.15, 0.2) is 0 Å². The zero-order chi connectivity index (χ0) is 21.6. The molecule has 1 N–H and O–H groups in total. The predicted molar refractivity (Wildman–Crippen MR) is 132 cm³/mol. The van der Waals surface area contributed by atoms with E-state index in [0.29, 0.717) is 17.9 Å². The number of ether oxygens (including phenoxy) is 1. The Bertz CT molecular complexity index is 1260. The smallest absolute Gasteiger partial charge is 0.271 e. The molecule has 6 heteroatoms. The second-order valence-corrected chi connectivity index (χ2v) is 8.61. The van der Waals surface area contributed by atoms with E-state index in [0.717, 1.165) is 30.8 Å². The predicted octanol–water partition coefficient (Wildman–Crippen LogP) is 6.71. The highest BCUT2D eigenvalue weighted by molar-refractivity contribution is 9.11. The Morgan fingerprint density at radius 3 is 2.45 bits per heavy atom. The zero-order valence-corrected chi connectivity index (χ0v) is 19.6. The van der Waals surface area contributed by atoms with Crippen LogP contribution in [0.1, 0.15) is 21.5 Å². The van der Waals surface area contributed by atoms with Crippen molar-refractivity contribution in [1.29, 1.82) is 0 Å². The van der Waals surface area contributed by atoms with Crippen LogP contribution in [0.4, 0.5) is 0 Å². The Labute approximate surface area is 197 Å². The number of benzene rings is 4. The number of amides is 1. The van der Waals surface area contributed by atoms with Gasteiger partial charge >= 0.3 is 0 Å². The molecular weight excluding hydrogens is 520 g/mol. The van der Waals surface area contributed by atoms with Crippen molar-refractivity contribution in [3.8, 4) is 5.75 Å². The van der Waals surface area contributed by atoms with Gasteiger partial charge in [-0.15, -0.1) is 0 Å². The molecule has 31 heavy (non-hydrogen) atoms. The van der Waals surface area contributed by atoms with Crippen molar-refractivity contribution in [2.75, 3.05) is 0 Å². The summed E-state index contributed by atoms with van der Waals surface area (Å²) < 4.78 is 7.69. The Morgan fingerprint density at radius 1 is 0.903 bits per heavy atom. The van der Waals surface area contributed by atoms with Crippen LogP contribution in [0.5, 0.6) is 5.75 Å². The van der Waals surface area contributed by atoms with Crippen molar-refractivity contribution in [3.05, 3.63) is 111 Å². The summed E-state index contributed by atoms with van der Waals surface area (Å²) in [7, 11) is 0. The molecular formula is C25H18Br2N2O2. The van der Waals surface area contributed by atoms with Crippen molar-refractivity contribution >= 4 is 54.8 Å². The van der Waals surface area contributed by atoms with E-state index < -0.39 is 0 Å². The average molecular weight is 538 g/mol. The lowest BCUT2D eigenvalue weighted by Crippen LogP contribution is -2.17. The van der Waals surface area contributed by atoms with Crippen LogP contribution in [-0.2, 0) is 6.61 Å². The number of nitrogens with zero attached hydrogens (tertiary/aromatic N) is 1. The van der Waals surface area contributed by atoms with Gasteiger partial charge in [0.2, 0.25) is 0 Å². The first-order chi connectivity index (χ1) is 15.1. The summed E-state index contributed by atoms with van der Waals surface area (Å²) in [6.45, 7) is 0.422. The first-order valence-corrected chi connectivity index (χ1v) is 11.2. The van der Waals surface area contributed by atoms with E-state index in [1.54, 1.807) is 12.3 Å². The molecule has 4 aromatic rings. The normalized spacial score (nSPS) is 11.0. The molecule has 0 saturated carbocycles. The minimum Gasteiger partial charge on any atom is -0.487 e. The highest BCUT2D eigenvalue weighted by Gasteiger charge is 2.10. The molecule has 0 unspecified atom stereocenters. The van der Waals surface area contributed by atoms with E-state index in [9.17, 15) is 4.79 Å². The standard InChI is InChI=1S/C25H18Br2N2O2/c26-22-13-21(24(23(27)14-22)31-16-17-6-2-1-3-7-17)15-28-29-25(30)20-11-10-18-8-4-5-9-19(18)12-20/h1-15H,16H2,(H,29,30)/b28-15-. The van der Waals surface area contributed by atoms with E-state index in [-0.39, 0.29) is 5.91 Å². The van der Waals surface area contributed by atoms with Gasteiger partial charge in [0.25, 0.3) is 5.91 Å². The van der Waals surface area contributed by atoms with Crippen LogP contribution in [0, 0.1) is 0 Å². The van der Waals surface area contributed by atoms with Crippen LogP contribution in [0.25, 0.3) is 10.8 Å². The summed E-state index contributed by atoms with van der Waals surface area (Å²) in [6.07, 6.45) is 1.58. The molecule has 0 heterocycles. The molecule has 0 spiro atoms. The minimum atomic E-state index is -0.275. The summed E-state index contributed by atoms with van der Waals surface area (Å²) in [5.74, 6) is 0.374. The second kappa shape index (κ2) is 9.90. The van der Waals surface area contributed by atoms with E-state index >= 15 is 0 Å². The molecule has 0 radical (unpaired) electrons. The molecule has 0 aliphatic rings. The topological polar surface area (TPSA) is 50.7 Å². The van der Waals surface area contributed by atoms with Gasteiger partial charge in [-0.05, 0) is 56.5 Å². The quantitative estimate of drug-likeness (QED) is 0.219. The maximum atomic E-state index is 12.5. The van der Waals surface area contributed by atoms with Crippen LogP contribution in [0.3, 0.4) is 0 Å². The van der Waals surface area contributed by atoms with E-state index in [1.807, 2.05) is 78.9 Å². The lowest BCUT2D eigenvalue weighted by Gasteiger charge is -2.12. The molecule has 4 nitrogen and oxygen atoms in total. The van der Waals surface area contributed by atoms with Crippen molar-refractivity contribution < 1.29 is 9.53 Å². The third-order valence-electron chi connectivity index (χ3n) is 4.64. The fourth-order valence-electron chi connectivity index (χ4n) is 3.11. The largest absolute Gasteiger partial charge is 0.487 e. The minimum absolute atomic E-state index is 0.275. The second-order valence-electron chi connectivity index (χ2n) is 6.84. The Morgan fingerprint density at radius 2 is 1.65 bits per heavy atom. The third-order valence-corrected chi connectivity index (χ3v) is 5.69. The van der Waals surface area contributed by atoms with Crippen LogP contribution in [0.15, 0.2) is 99.0 Å². The molecule has 0 atom stereocenters. The summed E-state index contributed by atoms with van der Waals surface area (Å²) in [4.78, 5) is 12.5. The van der Waals surface area contributed by atoms with Crippen molar-refractivity contribution in [3.63, 3.8) is 0 Å². The number of halogens is 2. The van der Waals surface area contributed by atoms with E-state index in [2.05, 4.69) is 42.4 Å². The molecule has 1 amide bonds. The monoisotopic (exact) mass is 536 g/mol. The van der Waals surface area contributed by atoms with Gasteiger partial charge in [-0.25, -0.2) is 5.43 Å². The van der Waals surface area contributed by atoms with Gasteiger partial charge in [-0.3, -0.25) is 4.79 Å². The molecule has 0 saturated heterocycles. The Kier molecular flexibility index (Phi) is 6.79. The molecule has 0 fully saturated rings. The lowest BCUT2D eigenvalue weighted by molar-refractivity contribution is 0.0955. The summed E-state index contributed by atoms with van der Waals surface area (Å²) >= 11 is 7.04. The SMILES string of the molecule is O=C(N/N=C\c1cc(Br)cc(Br)c1OCc1ccccc1)c1ccc2ccccc2c1. The summed E-state index contributed by atoms with van der Waals surface area (Å²) in [5, 5.41) is 6.24. The third kappa shape index (κ3) is 5.40. The first kappa shape index (κ1) is 21.3. The zero-order valence-electron chi connectivity index (χ0n) is 16.4. The molecule has 4 aromatic carbocycles. The Balaban J connectivity index is 1.50. The van der Waals surface area contributed by atoms with Gasteiger partial charge in [0, 0.05) is 15.6 Å². The van der Waals surface area contributed by atoms with Gasteiger partial charge in [0.1, 0.15) is 12.4 Å². The maximum absolute atomic E-state index is 12.5. The number of hydrogen-bond donors (Lipinski definition) is 1. The van der Waals surface area contributed by atoms with Crippen LogP contribution >= 0.6 is 31.9 Å². The van der Waals surface area contributed by atoms with Gasteiger partial charge in [-0.1, -0.05) is 76.6 Å². The molecule has 0 bridgehead atoms. The van der Waals surface area contributed by atoms with Crippen molar-refractivity contribution in [1.82, 2.24) is 5.43 Å². The van der Waals surface area contributed by atoms with Crippen LogP contribution in [-0.4, -0.2) is 12.1 Å². The number of rotatable bonds is 6. The number of fused-ring (bicyclic) bond motifs is 1. The number of carbonyl (C=O) groups is 1. The van der Waals surface area contributed by atoms with Crippen LogP contribution < -0.4 is 10.2 Å². The van der Waals surface area contributed by atoms with Crippen molar-refractivity contribution in [2.45, 2.75) is 6.61 Å².